The van der Waals surface area contributed by atoms with Crippen molar-refractivity contribution in [2.24, 2.45) is 5.92 Å². The zero-order valence-electron chi connectivity index (χ0n) is 8.03. The zero-order chi connectivity index (χ0) is 9.68. The minimum atomic E-state index is 0.120. The van der Waals surface area contributed by atoms with E-state index < -0.39 is 0 Å². The SMILES string of the molecule is CC(C)CC(Br)Oc1ccccc1. The fourth-order valence-corrected chi connectivity index (χ4v) is 2.03. The van der Waals surface area contributed by atoms with Crippen LogP contribution in [0.2, 0.25) is 0 Å². The molecule has 0 amide bonds. The first kappa shape index (κ1) is 10.6. The summed E-state index contributed by atoms with van der Waals surface area (Å²) in [4.78, 5) is 0. The molecule has 1 unspecified atom stereocenters. The molecule has 13 heavy (non-hydrogen) atoms. The van der Waals surface area contributed by atoms with Crippen LogP contribution in [-0.2, 0) is 0 Å². The van der Waals surface area contributed by atoms with Gasteiger partial charge in [0.05, 0.1) is 0 Å². The summed E-state index contributed by atoms with van der Waals surface area (Å²) in [6, 6.07) is 9.87. The first-order valence-electron chi connectivity index (χ1n) is 4.54. The van der Waals surface area contributed by atoms with Crippen molar-refractivity contribution < 1.29 is 4.74 Å². The Balaban J connectivity index is 2.41. The molecule has 0 spiro atoms. The summed E-state index contributed by atoms with van der Waals surface area (Å²) < 4.78 is 5.64. The van der Waals surface area contributed by atoms with Crippen molar-refractivity contribution >= 4 is 15.9 Å². The molecule has 72 valence electrons. The second-order valence-corrected chi connectivity index (χ2v) is 4.49. The van der Waals surface area contributed by atoms with Gasteiger partial charge in [-0.2, -0.15) is 0 Å². The molecule has 0 N–H and O–H groups in total. The van der Waals surface area contributed by atoms with E-state index in [-0.39, 0.29) is 5.01 Å². The van der Waals surface area contributed by atoms with Gasteiger partial charge < -0.3 is 4.74 Å². The van der Waals surface area contributed by atoms with Crippen LogP contribution in [0.3, 0.4) is 0 Å². The van der Waals surface area contributed by atoms with E-state index in [1.54, 1.807) is 0 Å². The summed E-state index contributed by atoms with van der Waals surface area (Å²) in [7, 11) is 0. The number of halogens is 1. The van der Waals surface area contributed by atoms with Gasteiger partial charge in [0.1, 0.15) is 5.75 Å². The summed E-state index contributed by atoms with van der Waals surface area (Å²) in [5, 5.41) is 0.120. The molecule has 0 aliphatic rings. The summed E-state index contributed by atoms with van der Waals surface area (Å²) in [6.07, 6.45) is 1.02. The molecule has 0 radical (unpaired) electrons. The van der Waals surface area contributed by atoms with Crippen molar-refractivity contribution in [2.75, 3.05) is 0 Å². The molecule has 1 atom stereocenters. The summed E-state index contributed by atoms with van der Waals surface area (Å²) in [5.74, 6) is 1.57. The Morgan fingerprint density at radius 2 is 1.85 bits per heavy atom. The summed E-state index contributed by atoms with van der Waals surface area (Å²) in [5.41, 5.74) is 0. The van der Waals surface area contributed by atoms with Crippen molar-refractivity contribution in [3.05, 3.63) is 30.3 Å². The molecule has 0 saturated heterocycles. The Hall–Kier alpha value is -0.500. The van der Waals surface area contributed by atoms with Gasteiger partial charge in [-0.15, -0.1) is 0 Å². The molecule has 0 heterocycles. The van der Waals surface area contributed by atoms with Crippen LogP contribution >= 0.6 is 15.9 Å². The van der Waals surface area contributed by atoms with Gasteiger partial charge in [0.25, 0.3) is 0 Å². The van der Waals surface area contributed by atoms with Crippen molar-refractivity contribution in [3.8, 4) is 5.75 Å². The third kappa shape index (κ3) is 4.32. The van der Waals surface area contributed by atoms with E-state index in [0.29, 0.717) is 5.92 Å². The predicted molar refractivity (Wildman–Crippen MR) is 59.2 cm³/mol. The molecular weight excluding hydrogens is 228 g/mol. The van der Waals surface area contributed by atoms with Gasteiger partial charge in [-0.1, -0.05) is 32.0 Å². The fourth-order valence-electron chi connectivity index (χ4n) is 1.07. The summed E-state index contributed by atoms with van der Waals surface area (Å²) in [6.45, 7) is 4.37. The lowest BCUT2D eigenvalue weighted by molar-refractivity contribution is 0.263. The first-order chi connectivity index (χ1) is 6.18. The van der Waals surface area contributed by atoms with Crippen LogP contribution in [0.1, 0.15) is 20.3 Å². The van der Waals surface area contributed by atoms with Crippen molar-refractivity contribution in [3.63, 3.8) is 0 Å². The molecule has 1 aromatic carbocycles. The Morgan fingerprint density at radius 3 is 2.38 bits per heavy atom. The number of ether oxygens (including phenoxy) is 1. The van der Waals surface area contributed by atoms with Crippen LogP contribution in [0, 0.1) is 5.92 Å². The smallest absolute Gasteiger partial charge is 0.153 e. The van der Waals surface area contributed by atoms with E-state index in [0.717, 1.165) is 12.2 Å². The highest BCUT2D eigenvalue weighted by Crippen LogP contribution is 2.18. The maximum atomic E-state index is 5.64. The first-order valence-corrected chi connectivity index (χ1v) is 5.46. The molecule has 0 bridgehead atoms. The number of para-hydroxylation sites is 1. The Labute approximate surface area is 88.2 Å². The molecule has 0 saturated carbocycles. The van der Waals surface area contributed by atoms with E-state index >= 15 is 0 Å². The topological polar surface area (TPSA) is 9.23 Å². The molecular formula is C11H15BrO. The molecule has 0 aliphatic carbocycles. The third-order valence-electron chi connectivity index (χ3n) is 1.66. The predicted octanol–water partition coefficient (Wildman–Crippen LogP) is 3.83. The number of hydrogen-bond acceptors (Lipinski definition) is 1. The van der Waals surface area contributed by atoms with Gasteiger partial charge in [0, 0.05) is 0 Å². The largest absolute Gasteiger partial charge is 0.479 e. The van der Waals surface area contributed by atoms with Crippen LogP contribution in [0.4, 0.5) is 0 Å². The van der Waals surface area contributed by atoms with Crippen molar-refractivity contribution in [2.45, 2.75) is 25.3 Å². The molecule has 1 nitrogen and oxygen atoms in total. The van der Waals surface area contributed by atoms with Gasteiger partial charge in [-0.05, 0) is 40.4 Å². The third-order valence-corrected chi connectivity index (χ3v) is 2.22. The molecule has 0 aliphatic heterocycles. The highest BCUT2D eigenvalue weighted by Gasteiger charge is 2.07. The maximum Gasteiger partial charge on any atom is 0.153 e. The fraction of sp³-hybridized carbons (Fsp3) is 0.455. The van der Waals surface area contributed by atoms with Crippen LogP contribution < -0.4 is 4.74 Å². The Kier molecular flexibility index (Phi) is 4.29. The van der Waals surface area contributed by atoms with E-state index in [1.807, 2.05) is 30.3 Å². The quantitative estimate of drug-likeness (QED) is 0.730. The minimum absolute atomic E-state index is 0.120. The number of benzene rings is 1. The average Bonchev–Trinajstić information content (AvgIpc) is 2.04. The van der Waals surface area contributed by atoms with E-state index in [1.165, 1.54) is 0 Å². The molecule has 0 aromatic heterocycles. The van der Waals surface area contributed by atoms with E-state index in [2.05, 4.69) is 29.8 Å². The lowest BCUT2D eigenvalue weighted by Gasteiger charge is -2.14. The monoisotopic (exact) mass is 242 g/mol. The minimum Gasteiger partial charge on any atom is -0.479 e. The van der Waals surface area contributed by atoms with Gasteiger partial charge in [-0.25, -0.2) is 0 Å². The summed E-state index contributed by atoms with van der Waals surface area (Å²) >= 11 is 3.49. The van der Waals surface area contributed by atoms with Gasteiger partial charge in [0.2, 0.25) is 0 Å². The lowest BCUT2D eigenvalue weighted by Crippen LogP contribution is -2.10. The lowest BCUT2D eigenvalue weighted by atomic mass is 10.1. The maximum absolute atomic E-state index is 5.64. The average molecular weight is 243 g/mol. The molecule has 1 rings (SSSR count). The standard InChI is InChI=1S/C11H15BrO/c1-9(2)8-11(12)13-10-6-4-3-5-7-10/h3-7,9,11H,8H2,1-2H3. The van der Waals surface area contributed by atoms with E-state index in [9.17, 15) is 0 Å². The molecule has 2 heteroatoms. The van der Waals surface area contributed by atoms with Crippen molar-refractivity contribution in [1.29, 1.82) is 0 Å². The number of hydrogen-bond donors (Lipinski definition) is 0. The van der Waals surface area contributed by atoms with Gasteiger partial charge in [0.15, 0.2) is 5.01 Å². The molecule has 0 fully saturated rings. The molecule has 1 aromatic rings. The second-order valence-electron chi connectivity index (χ2n) is 3.47. The normalized spacial score (nSPS) is 12.9. The van der Waals surface area contributed by atoms with E-state index in [4.69, 9.17) is 4.74 Å². The second kappa shape index (κ2) is 5.28. The Morgan fingerprint density at radius 1 is 1.23 bits per heavy atom. The van der Waals surface area contributed by atoms with Crippen LogP contribution in [-0.4, -0.2) is 5.01 Å². The Bertz CT molecular complexity index is 233. The zero-order valence-corrected chi connectivity index (χ0v) is 9.62. The van der Waals surface area contributed by atoms with Gasteiger partial charge in [-0.3, -0.25) is 0 Å². The van der Waals surface area contributed by atoms with Gasteiger partial charge >= 0.3 is 0 Å². The van der Waals surface area contributed by atoms with Crippen molar-refractivity contribution in [1.82, 2.24) is 0 Å². The van der Waals surface area contributed by atoms with Crippen LogP contribution in [0.25, 0.3) is 0 Å². The highest BCUT2D eigenvalue weighted by molar-refractivity contribution is 9.09. The van der Waals surface area contributed by atoms with Crippen LogP contribution in [0.15, 0.2) is 30.3 Å². The number of alkyl halides is 1. The highest BCUT2D eigenvalue weighted by atomic mass is 79.9. The number of rotatable bonds is 4. The van der Waals surface area contributed by atoms with Crippen LogP contribution in [0.5, 0.6) is 5.75 Å².